The highest BCUT2D eigenvalue weighted by Gasteiger charge is 2.55. The Labute approximate surface area is 60.2 Å². The molecule has 0 aromatic heterocycles. The second kappa shape index (κ2) is 1.62. The molecule has 0 saturated heterocycles. The third-order valence-electron chi connectivity index (χ3n) is 3.22. The lowest BCUT2D eigenvalue weighted by Crippen LogP contribution is -2.29. The highest BCUT2D eigenvalue weighted by Crippen LogP contribution is 2.51. The van der Waals surface area contributed by atoms with Gasteiger partial charge in [0.2, 0.25) is 0 Å². The van der Waals surface area contributed by atoms with Crippen LogP contribution in [0.15, 0.2) is 0 Å². The Bertz CT molecular complexity index is 188. The second-order valence-electron chi connectivity index (χ2n) is 3.79. The molecule has 0 radical (unpaired) electrons. The maximum Gasteiger partial charge on any atom is 0.141 e. The van der Waals surface area contributed by atoms with Gasteiger partial charge in [0.1, 0.15) is 5.78 Å². The van der Waals surface area contributed by atoms with Crippen molar-refractivity contribution in [2.24, 2.45) is 11.3 Å². The average Bonchev–Trinajstić information content (AvgIpc) is 2.25. The lowest BCUT2D eigenvalue weighted by molar-refractivity contribution is -0.128. The molecule has 3 atom stereocenters. The Morgan fingerprint density at radius 2 is 2.40 bits per heavy atom. The summed E-state index contributed by atoms with van der Waals surface area (Å²) in [4.78, 5) is 11.2. The monoisotopic (exact) mass is 140 g/mol. The van der Waals surface area contributed by atoms with Crippen molar-refractivity contribution in [3.05, 3.63) is 0 Å². The molecule has 0 heterocycles. The number of Topliss-reactive ketones (excluding diaryl/α,β-unsaturated/α-hetero) is 1. The molecule has 2 saturated carbocycles. The van der Waals surface area contributed by atoms with Crippen LogP contribution in [0, 0.1) is 11.3 Å². The molecule has 0 aliphatic heterocycles. The molecule has 0 amide bonds. The molecule has 10 heavy (non-hydrogen) atoms. The van der Waals surface area contributed by atoms with Crippen LogP contribution >= 0.6 is 0 Å². The van der Waals surface area contributed by atoms with E-state index < -0.39 is 0 Å². The molecule has 3 unspecified atom stereocenters. The second-order valence-corrected chi connectivity index (χ2v) is 3.79. The maximum atomic E-state index is 11.2. The number of ketones is 1. The molecule has 56 valence electrons. The van der Waals surface area contributed by atoms with Crippen LogP contribution in [0.4, 0.5) is 0 Å². The minimum atomic E-state index is -0.356. The summed E-state index contributed by atoms with van der Waals surface area (Å²) in [5.41, 5.74) is -0.356. The number of rotatable bonds is 0. The molecule has 0 aromatic carbocycles. The zero-order valence-corrected chi connectivity index (χ0v) is 6.13. The molecular formula is C8H12O2. The van der Waals surface area contributed by atoms with Crippen LogP contribution in [0.25, 0.3) is 0 Å². The summed E-state index contributed by atoms with van der Waals surface area (Å²) in [6, 6.07) is 0. The van der Waals surface area contributed by atoms with E-state index in [-0.39, 0.29) is 23.2 Å². The first-order valence-electron chi connectivity index (χ1n) is 3.86. The Hall–Kier alpha value is -0.370. The number of carbonyl (C=O) groups excluding carboxylic acids is 1. The van der Waals surface area contributed by atoms with Crippen molar-refractivity contribution >= 4 is 5.78 Å². The van der Waals surface area contributed by atoms with E-state index in [1.807, 2.05) is 6.92 Å². The van der Waals surface area contributed by atoms with Crippen molar-refractivity contribution in [2.45, 2.75) is 32.3 Å². The summed E-state index contributed by atoms with van der Waals surface area (Å²) in [7, 11) is 0. The minimum absolute atomic E-state index is 0.274. The van der Waals surface area contributed by atoms with Gasteiger partial charge < -0.3 is 5.11 Å². The van der Waals surface area contributed by atoms with E-state index in [0.717, 1.165) is 12.8 Å². The fourth-order valence-electron chi connectivity index (χ4n) is 2.30. The van der Waals surface area contributed by atoms with Crippen molar-refractivity contribution in [1.29, 1.82) is 0 Å². The number of fused-ring (bicyclic) bond motifs is 2. The van der Waals surface area contributed by atoms with E-state index in [0.29, 0.717) is 6.42 Å². The van der Waals surface area contributed by atoms with Gasteiger partial charge in [0.25, 0.3) is 0 Å². The molecule has 2 fully saturated rings. The molecule has 2 aliphatic carbocycles. The van der Waals surface area contributed by atoms with Crippen LogP contribution in [0.3, 0.4) is 0 Å². The first-order valence-corrected chi connectivity index (χ1v) is 3.86. The van der Waals surface area contributed by atoms with Crippen molar-refractivity contribution in [3.63, 3.8) is 0 Å². The molecule has 2 heteroatoms. The van der Waals surface area contributed by atoms with Crippen LogP contribution in [0.1, 0.15) is 26.2 Å². The number of aliphatic hydroxyl groups is 1. The Morgan fingerprint density at radius 1 is 1.70 bits per heavy atom. The molecule has 1 N–H and O–H groups in total. The Morgan fingerprint density at radius 3 is 2.60 bits per heavy atom. The van der Waals surface area contributed by atoms with Gasteiger partial charge in [-0.2, -0.15) is 0 Å². The van der Waals surface area contributed by atoms with Crippen molar-refractivity contribution in [2.75, 3.05) is 0 Å². The van der Waals surface area contributed by atoms with Gasteiger partial charge in [0.05, 0.1) is 11.5 Å². The predicted octanol–water partition coefficient (Wildman–Crippen LogP) is 0.736. The van der Waals surface area contributed by atoms with Gasteiger partial charge in [0.15, 0.2) is 0 Å². The lowest BCUT2D eigenvalue weighted by Gasteiger charge is -2.20. The van der Waals surface area contributed by atoms with Gasteiger partial charge in [-0.25, -0.2) is 0 Å². The quantitative estimate of drug-likeness (QED) is 0.538. The van der Waals surface area contributed by atoms with Gasteiger partial charge in [-0.15, -0.1) is 0 Å². The van der Waals surface area contributed by atoms with E-state index in [1.54, 1.807) is 0 Å². The number of hydrogen-bond acceptors (Lipinski definition) is 2. The summed E-state index contributed by atoms with van der Waals surface area (Å²) < 4.78 is 0. The van der Waals surface area contributed by atoms with Crippen LogP contribution in [-0.4, -0.2) is 17.0 Å². The molecule has 2 nitrogen and oxygen atoms in total. The van der Waals surface area contributed by atoms with Gasteiger partial charge in [-0.1, -0.05) is 6.92 Å². The van der Waals surface area contributed by atoms with Gasteiger partial charge in [-0.3, -0.25) is 4.79 Å². The Kier molecular flexibility index (Phi) is 1.03. The first-order chi connectivity index (χ1) is 4.64. The maximum absolute atomic E-state index is 11.2. The molecular weight excluding hydrogens is 128 g/mol. The minimum Gasteiger partial charge on any atom is -0.392 e. The Balaban J connectivity index is 2.37. The fourth-order valence-corrected chi connectivity index (χ4v) is 2.30. The van der Waals surface area contributed by atoms with Crippen molar-refractivity contribution < 1.29 is 9.90 Å². The number of carbonyl (C=O) groups is 1. The SMILES string of the molecule is CC12CCC(CC1=O)C2O. The van der Waals surface area contributed by atoms with Crippen LogP contribution in [0.5, 0.6) is 0 Å². The third-order valence-corrected chi connectivity index (χ3v) is 3.22. The normalized spacial score (nSPS) is 52.4. The lowest BCUT2D eigenvalue weighted by atomic mass is 9.84. The highest BCUT2D eigenvalue weighted by molar-refractivity contribution is 5.88. The number of aliphatic hydroxyl groups excluding tert-OH is 1. The van der Waals surface area contributed by atoms with E-state index in [2.05, 4.69) is 0 Å². The van der Waals surface area contributed by atoms with Crippen LogP contribution in [-0.2, 0) is 4.79 Å². The topological polar surface area (TPSA) is 37.3 Å². The van der Waals surface area contributed by atoms with E-state index in [9.17, 15) is 9.90 Å². The van der Waals surface area contributed by atoms with E-state index in [4.69, 9.17) is 0 Å². The van der Waals surface area contributed by atoms with Crippen molar-refractivity contribution in [3.8, 4) is 0 Å². The first kappa shape index (κ1) is 6.35. The summed E-state index contributed by atoms with van der Waals surface area (Å²) in [6.45, 7) is 1.90. The predicted molar refractivity (Wildman–Crippen MR) is 36.5 cm³/mol. The molecule has 2 rings (SSSR count). The van der Waals surface area contributed by atoms with Crippen LogP contribution < -0.4 is 0 Å². The summed E-state index contributed by atoms with van der Waals surface area (Å²) >= 11 is 0. The standard InChI is InChI=1S/C8H12O2/c1-8-3-2-5(7(8)10)4-6(8)9/h5,7,10H,2-4H2,1H3. The molecule has 2 bridgehead atoms. The summed E-state index contributed by atoms with van der Waals surface area (Å²) in [5, 5.41) is 9.54. The van der Waals surface area contributed by atoms with Crippen molar-refractivity contribution in [1.82, 2.24) is 0 Å². The molecule has 2 aliphatic rings. The van der Waals surface area contributed by atoms with Crippen LogP contribution in [0.2, 0.25) is 0 Å². The van der Waals surface area contributed by atoms with E-state index in [1.165, 1.54) is 0 Å². The van der Waals surface area contributed by atoms with E-state index >= 15 is 0 Å². The summed E-state index contributed by atoms with van der Waals surface area (Å²) in [6.07, 6.45) is 2.23. The zero-order valence-electron chi connectivity index (χ0n) is 6.13. The fraction of sp³-hybridized carbons (Fsp3) is 0.875. The van der Waals surface area contributed by atoms with Gasteiger partial charge in [-0.05, 0) is 18.8 Å². The third kappa shape index (κ3) is 0.511. The smallest absolute Gasteiger partial charge is 0.141 e. The average molecular weight is 140 g/mol. The largest absolute Gasteiger partial charge is 0.392 e. The van der Waals surface area contributed by atoms with Gasteiger partial charge >= 0.3 is 0 Å². The molecule has 0 aromatic rings. The molecule has 0 spiro atoms. The number of hydrogen-bond donors (Lipinski definition) is 1. The summed E-state index contributed by atoms with van der Waals surface area (Å²) in [5.74, 6) is 0.564. The van der Waals surface area contributed by atoms with Gasteiger partial charge in [0, 0.05) is 6.42 Å². The zero-order chi connectivity index (χ0) is 7.35. The highest BCUT2D eigenvalue weighted by atomic mass is 16.3.